The monoisotopic (exact) mass is 482 g/mol. The van der Waals surface area contributed by atoms with Gasteiger partial charge in [0.2, 0.25) is 5.91 Å². The summed E-state index contributed by atoms with van der Waals surface area (Å²) in [6.07, 6.45) is 2.11. The van der Waals surface area contributed by atoms with Crippen molar-refractivity contribution in [2.45, 2.75) is 96.5 Å². The molecule has 1 aliphatic carbocycles. The third kappa shape index (κ3) is 3.70. The minimum Gasteiger partial charge on any atom is -0.443 e. The van der Waals surface area contributed by atoms with Gasteiger partial charge in [0.15, 0.2) is 0 Å². The summed E-state index contributed by atoms with van der Waals surface area (Å²) in [6.45, 7) is 13.7. The number of benzene rings is 1. The van der Waals surface area contributed by atoms with Crippen LogP contribution in [0.5, 0.6) is 0 Å². The molecule has 1 aromatic carbocycles. The molecular formula is C26H35BN2O6. The van der Waals surface area contributed by atoms with Gasteiger partial charge < -0.3 is 18.9 Å². The fraction of sp³-hybridized carbons (Fsp3) is 0.654. The molecule has 3 amide bonds. The number of rotatable bonds is 2. The lowest BCUT2D eigenvalue weighted by molar-refractivity contribution is -0.144. The van der Waals surface area contributed by atoms with E-state index in [-0.39, 0.29) is 11.8 Å². The van der Waals surface area contributed by atoms with Crippen LogP contribution >= 0.6 is 0 Å². The second-order valence-corrected chi connectivity index (χ2v) is 12.2. The van der Waals surface area contributed by atoms with E-state index >= 15 is 0 Å². The predicted octanol–water partition coefficient (Wildman–Crippen LogP) is 3.50. The average Bonchev–Trinajstić information content (AvgIpc) is 3.38. The molecule has 0 bridgehead atoms. The molecule has 2 saturated heterocycles. The van der Waals surface area contributed by atoms with Gasteiger partial charge in [0.05, 0.1) is 16.9 Å². The summed E-state index contributed by atoms with van der Waals surface area (Å²) in [7, 11) is -0.623. The summed E-state index contributed by atoms with van der Waals surface area (Å²) < 4.78 is 18.1. The third-order valence-corrected chi connectivity index (χ3v) is 7.94. The van der Waals surface area contributed by atoms with Crippen molar-refractivity contribution in [2.75, 3.05) is 11.4 Å². The Morgan fingerprint density at radius 3 is 2.29 bits per heavy atom. The molecule has 5 rings (SSSR count). The lowest BCUT2D eigenvalue weighted by atomic mass is 9.76. The van der Waals surface area contributed by atoms with Crippen molar-refractivity contribution in [3.63, 3.8) is 0 Å². The Balaban J connectivity index is 1.61. The molecule has 3 heterocycles. The van der Waals surface area contributed by atoms with Crippen molar-refractivity contribution in [3.8, 4) is 0 Å². The van der Waals surface area contributed by atoms with Crippen LogP contribution in [0, 0.1) is 5.92 Å². The quantitative estimate of drug-likeness (QED) is 0.600. The number of likely N-dealkylation sites (tertiary alicyclic amines) is 1. The van der Waals surface area contributed by atoms with Crippen LogP contribution in [0.4, 0.5) is 10.5 Å². The first-order valence-corrected chi connectivity index (χ1v) is 12.6. The summed E-state index contributed by atoms with van der Waals surface area (Å²) in [6, 6.07) is 5.47. The fourth-order valence-corrected chi connectivity index (χ4v) is 5.27. The van der Waals surface area contributed by atoms with Gasteiger partial charge in [-0.3, -0.25) is 9.59 Å². The SMILES string of the molecule is CC(C)(C)OC(=O)N1C(=O)C2(CCCN2C(=O)C2CC2)c2cc(B3OC(C)(C)C(C)(C)O3)ccc21. The van der Waals surface area contributed by atoms with E-state index in [1.165, 1.54) is 0 Å². The van der Waals surface area contributed by atoms with E-state index < -0.39 is 41.5 Å². The Bertz CT molecular complexity index is 1090. The van der Waals surface area contributed by atoms with Gasteiger partial charge in [0, 0.05) is 18.0 Å². The topological polar surface area (TPSA) is 85.4 Å². The van der Waals surface area contributed by atoms with Gasteiger partial charge in [-0.2, -0.15) is 0 Å². The molecule has 9 heteroatoms. The summed E-state index contributed by atoms with van der Waals surface area (Å²) in [5, 5.41) is 0. The molecule has 1 saturated carbocycles. The van der Waals surface area contributed by atoms with Crippen LogP contribution in [0.1, 0.15) is 79.7 Å². The van der Waals surface area contributed by atoms with Crippen LogP contribution in [0.2, 0.25) is 0 Å². The number of nitrogens with zero attached hydrogens (tertiary/aromatic N) is 2. The van der Waals surface area contributed by atoms with Crippen molar-refractivity contribution in [1.82, 2.24) is 4.90 Å². The van der Waals surface area contributed by atoms with Gasteiger partial charge in [-0.15, -0.1) is 0 Å². The number of carbonyl (C=O) groups excluding carboxylic acids is 3. The van der Waals surface area contributed by atoms with Gasteiger partial charge in [-0.25, -0.2) is 9.69 Å². The van der Waals surface area contributed by atoms with Crippen molar-refractivity contribution in [1.29, 1.82) is 0 Å². The van der Waals surface area contributed by atoms with Gasteiger partial charge in [0.25, 0.3) is 5.91 Å². The van der Waals surface area contributed by atoms with Gasteiger partial charge in [-0.05, 0) is 85.7 Å². The molecule has 35 heavy (non-hydrogen) atoms. The number of imide groups is 1. The molecule has 4 aliphatic rings. The second-order valence-electron chi connectivity index (χ2n) is 12.2. The fourth-order valence-electron chi connectivity index (χ4n) is 5.27. The van der Waals surface area contributed by atoms with Crippen LogP contribution in [0.3, 0.4) is 0 Å². The largest absolute Gasteiger partial charge is 0.494 e. The molecule has 0 aromatic heterocycles. The zero-order valence-electron chi connectivity index (χ0n) is 21.8. The molecular weight excluding hydrogens is 447 g/mol. The average molecular weight is 482 g/mol. The Kier molecular flexibility index (Phi) is 5.25. The van der Waals surface area contributed by atoms with Gasteiger partial charge >= 0.3 is 13.2 Å². The molecule has 3 aliphatic heterocycles. The first kappa shape index (κ1) is 24.3. The van der Waals surface area contributed by atoms with Crippen LogP contribution in [-0.4, -0.2) is 53.3 Å². The molecule has 1 atom stereocenters. The number of amides is 3. The van der Waals surface area contributed by atoms with E-state index in [1.807, 2.05) is 39.8 Å². The summed E-state index contributed by atoms with van der Waals surface area (Å²) in [5.74, 6) is -0.462. The second kappa shape index (κ2) is 7.56. The first-order valence-electron chi connectivity index (χ1n) is 12.6. The molecule has 1 aromatic rings. The Hall–Kier alpha value is -2.39. The zero-order valence-corrected chi connectivity index (χ0v) is 21.8. The maximum atomic E-state index is 14.1. The van der Waals surface area contributed by atoms with Crippen LogP contribution in [0.25, 0.3) is 0 Å². The highest BCUT2D eigenvalue weighted by Crippen LogP contribution is 2.52. The molecule has 1 unspecified atom stereocenters. The number of anilines is 1. The summed E-state index contributed by atoms with van der Waals surface area (Å²) >= 11 is 0. The highest BCUT2D eigenvalue weighted by atomic mass is 16.7. The lowest BCUT2D eigenvalue weighted by Gasteiger charge is -2.34. The van der Waals surface area contributed by atoms with Crippen molar-refractivity contribution < 1.29 is 28.4 Å². The smallest absolute Gasteiger partial charge is 0.443 e. The Labute approximate surface area is 207 Å². The number of ether oxygens (including phenoxy) is 1. The Morgan fingerprint density at radius 1 is 1.09 bits per heavy atom. The highest BCUT2D eigenvalue weighted by molar-refractivity contribution is 6.62. The molecule has 3 fully saturated rings. The zero-order chi connectivity index (χ0) is 25.6. The molecule has 0 radical (unpaired) electrons. The maximum absolute atomic E-state index is 14.1. The Morgan fingerprint density at radius 2 is 1.71 bits per heavy atom. The molecule has 0 N–H and O–H groups in total. The van der Waals surface area contributed by atoms with Crippen molar-refractivity contribution in [2.24, 2.45) is 5.92 Å². The third-order valence-electron chi connectivity index (χ3n) is 7.94. The number of hydrogen-bond donors (Lipinski definition) is 0. The predicted molar refractivity (Wildman–Crippen MR) is 131 cm³/mol. The maximum Gasteiger partial charge on any atom is 0.494 e. The van der Waals surface area contributed by atoms with E-state index in [0.717, 1.165) is 23.2 Å². The van der Waals surface area contributed by atoms with Crippen molar-refractivity contribution in [3.05, 3.63) is 23.8 Å². The minimum absolute atomic E-state index is 0.00567. The normalized spacial score (nSPS) is 27.1. The minimum atomic E-state index is -1.22. The first-order chi connectivity index (χ1) is 16.2. The van der Waals surface area contributed by atoms with E-state index in [1.54, 1.807) is 31.7 Å². The van der Waals surface area contributed by atoms with Crippen LogP contribution in [0.15, 0.2) is 18.2 Å². The van der Waals surface area contributed by atoms with Crippen LogP contribution in [-0.2, 0) is 29.2 Å². The molecule has 8 nitrogen and oxygen atoms in total. The number of fused-ring (bicyclic) bond motifs is 2. The molecule has 1 spiro atoms. The standard InChI is InChI=1S/C26H35BN2O6/c1-23(2,3)33-22(32)29-19-12-11-17(27-34-24(4,5)25(6,7)35-27)15-18(19)26(21(29)31)13-8-14-28(26)20(30)16-9-10-16/h11-12,15-16H,8-10,13-14H2,1-7H3. The summed E-state index contributed by atoms with van der Waals surface area (Å²) in [5.41, 5.74) is -1.17. The number of hydrogen-bond acceptors (Lipinski definition) is 6. The van der Waals surface area contributed by atoms with E-state index in [2.05, 4.69) is 0 Å². The van der Waals surface area contributed by atoms with Gasteiger partial charge in [-0.1, -0.05) is 12.1 Å². The molecule has 188 valence electrons. The van der Waals surface area contributed by atoms with Gasteiger partial charge in [0.1, 0.15) is 11.1 Å². The lowest BCUT2D eigenvalue weighted by Crippen LogP contribution is -2.54. The van der Waals surface area contributed by atoms with Crippen LogP contribution < -0.4 is 10.4 Å². The number of carbonyl (C=O) groups is 3. The van der Waals surface area contributed by atoms with E-state index in [0.29, 0.717) is 30.6 Å². The highest BCUT2D eigenvalue weighted by Gasteiger charge is 2.62. The van der Waals surface area contributed by atoms with E-state index in [9.17, 15) is 14.4 Å². The van der Waals surface area contributed by atoms with Crippen molar-refractivity contribution >= 4 is 36.2 Å². The van der Waals surface area contributed by atoms with E-state index in [4.69, 9.17) is 14.0 Å². The summed E-state index contributed by atoms with van der Waals surface area (Å²) in [4.78, 5) is 43.5.